The first-order valence-corrected chi connectivity index (χ1v) is 3.28. The Morgan fingerprint density at radius 3 is 2.50 bits per heavy atom. The third-order valence-corrected chi connectivity index (χ3v) is 1.31. The summed E-state index contributed by atoms with van der Waals surface area (Å²) in [6.45, 7) is 3.67. The van der Waals surface area contributed by atoms with Gasteiger partial charge in [-0.25, -0.2) is 4.98 Å². The van der Waals surface area contributed by atoms with Crippen LogP contribution in [-0.2, 0) is 5.54 Å². The quantitative estimate of drug-likeness (QED) is 0.678. The van der Waals surface area contributed by atoms with Crippen LogP contribution in [0.1, 0.15) is 19.5 Å². The molecule has 0 spiro atoms. The summed E-state index contributed by atoms with van der Waals surface area (Å²) in [5, 5.41) is 0.133. The van der Waals surface area contributed by atoms with Gasteiger partial charge >= 0.3 is 0 Å². The molecule has 56 valence electrons. The minimum Gasteiger partial charge on any atom is -0.436 e. The molecule has 0 atom stereocenters. The summed E-state index contributed by atoms with van der Waals surface area (Å²) in [7, 11) is 0. The highest BCUT2D eigenvalue weighted by atomic mass is 35.5. The molecule has 0 aromatic carbocycles. The predicted octanol–water partition coefficient (Wildman–Crippen LogP) is 1.52. The van der Waals surface area contributed by atoms with Gasteiger partial charge in [-0.05, 0) is 25.4 Å². The third-order valence-electron chi connectivity index (χ3n) is 1.14. The normalized spacial score (nSPS) is 12.0. The van der Waals surface area contributed by atoms with E-state index in [1.165, 1.54) is 6.26 Å². The van der Waals surface area contributed by atoms with Crippen molar-refractivity contribution in [3.63, 3.8) is 0 Å². The fourth-order valence-electron chi connectivity index (χ4n) is 0.548. The van der Waals surface area contributed by atoms with Crippen molar-refractivity contribution in [3.8, 4) is 0 Å². The monoisotopic (exact) mass is 160 g/mol. The van der Waals surface area contributed by atoms with E-state index in [9.17, 15) is 0 Å². The molecular formula is C6H9ClN2O. The van der Waals surface area contributed by atoms with Crippen molar-refractivity contribution in [2.45, 2.75) is 19.4 Å². The Hall–Kier alpha value is -0.540. The molecule has 0 saturated heterocycles. The largest absolute Gasteiger partial charge is 0.436 e. The van der Waals surface area contributed by atoms with E-state index in [1.54, 1.807) is 0 Å². The van der Waals surface area contributed by atoms with Crippen LogP contribution in [0, 0.1) is 0 Å². The van der Waals surface area contributed by atoms with Crippen LogP contribution in [0.15, 0.2) is 10.7 Å². The van der Waals surface area contributed by atoms with E-state index in [4.69, 9.17) is 21.8 Å². The van der Waals surface area contributed by atoms with Gasteiger partial charge in [0.2, 0.25) is 0 Å². The SMILES string of the molecule is CC(C)(N)c1coc(Cl)n1. The molecule has 0 unspecified atom stereocenters. The Kier molecular flexibility index (Phi) is 1.70. The zero-order valence-electron chi connectivity index (χ0n) is 5.89. The molecular weight excluding hydrogens is 152 g/mol. The van der Waals surface area contributed by atoms with E-state index in [1.807, 2.05) is 13.8 Å². The predicted molar refractivity (Wildman–Crippen MR) is 38.7 cm³/mol. The summed E-state index contributed by atoms with van der Waals surface area (Å²) in [6, 6.07) is 0. The van der Waals surface area contributed by atoms with Crippen LogP contribution in [-0.4, -0.2) is 4.98 Å². The van der Waals surface area contributed by atoms with Gasteiger partial charge in [0.05, 0.1) is 11.2 Å². The van der Waals surface area contributed by atoms with Gasteiger partial charge in [0.25, 0.3) is 5.35 Å². The summed E-state index contributed by atoms with van der Waals surface area (Å²) in [4.78, 5) is 3.86. The number of oxazole rings is 1. The number of nitrogens with zero attached hydrogens (tertiary/aromatic N) is 1. The van der Waals surface area contributed by atoms with Gasteiger partial charge in [0.15, 0.2) is 0 Å². The minimum atomic E-state index is -0.476. The smallest absolute Gasteiger partial charge is 0.292 e. The second-order valence-corrected chi connectivity index (χ2v) is 3.03. The lowest BCUT2D eigenvalue weighted by atomic mass is 10.0. The second-order valence-electron chi connectivity index (χ2n) is 2.71. The van der Waals surface area contributed by atoms with Gasteiger partial charge < -0.3 is 10.2 Å². The molecule has 0 fully saturated rings. The van der Waals surface area contributed by atoms with E-state index >= 15 is 0 Å². The van der Waals surface area contributed by atoms with Gasteiger partial charge in [0.1, 0.15) is 6.26 Å². The fraction of sp³-hybridized carbons (Fsp3) is 0.500. The maximum Gasteiger partial charge on any atom is 0.292 e. The van der Waals surface area contributed by atoms with Crippen LogP contribution in [0.3, 0.4) is 0 Å². The Morgan fingerprint density at radius 2 is 2.30 bits per heavy atom. The maximum atomic E-state index is 5.69. The first-order valence-electron chi connectivity index (χ1n) is 2.90. The number of hydrogen-bond acceptors (Lipinski definition) is 3. The van der Waals surface area contributed by atoms with Gasteiger partial charge in [-0.3, -0.25) is 0 Å². The molecule has 1 aromatic heterocycles. The zero-order chi connectivity index (χ0) is 7.78. The van der Waals surface area contributed by atoms with Gasteiger partial charge in [-0.1, -0.05) is 0 Å². The topological polar surface area (TPSA) is 52.0 Å². The number of aromatic nitrogens is 1. The van der Waals surface area contributed by atoms with Gasteiger partial charge in [-0.15, -0.1) is 0 Å². The molecule has 1 rings (SSSR count). The van der Waals surface area contributed by atoms with Crippen LogP contribution in [0.5, 0.6) is 0 Å². The standard InChI is InChI=1S/C6H9ClN2O/c1-6(2,8)4-3-10-5(7)9-4/h3H,8H2,1-2H3. The lowest BCUT2D eigenvalue weighted by Gasteiger charge is -2.13. The number of nitrogens with two attached hydrogens (primary N) is 1. The molecule has 0 amide bonds. The number of halogens is 1. The summed E-state index contributed by atoms with van der Waals surface area (Å²) < 4.78 is 4.77. The summed E-state index contributed by atoms with van der Waals surface area (Å²) in [5.74, 6) is 0. The average Bonchev–Trinajstić information content (AvgIpc) is 2.11. The maximum absolute atomic E-state index is 5.69. The molecule has 0 aliphatic rings. The lowest BCUT2D eigenvalue weighted by molar-refractivity contribution is 0.520. The van der Waals surface area contributed by atoms with Gasteiger partial charge in [0, 0.05) is 0 Å². The van der Waals surface area contributed by atoms with E-state index in [0.29, 0.717) is 5.69 Å². The first-order chi connectivity index (χ1) is 4.50. The second kappa shape index (κ2) is 2.25. The summed E-state index contributed by atoms with van der Waals surface area (Å²) >= 11 is 5.43. The van der Waals surface area contributed by atoms with E-state index in [0.717, 1.165) is 0 Å². The van der Waals surface area contributed by atoms with E-state index < -0.39 is 5.54 Å². The Balaban J connectivity index is 2.96. The van der Waals surface area contributed by atoms with Crippen LogP contribution in [0.4, 0.5) is 0 Å². The number of rotatable bonds is 1. The average molecular weight is 161 g/mol. The molecule has 4 heteroatoms. The lowest BCUT2D eigenvalue weighted by Crippen LogP contribution is -2.28. The third kappa shape index (κ3) is 1.49. The van der Waals surface area contributed by atoms with Crippen LogP contribution < -0.4 is 5.73 Å². The highest BCUT2D eigenvalue weighted by molar-refractivity contribution is 6.27. The fourth-order valence-corrected chi connectivity index (χ4v) is 0.683. The van der Waals surface area contributed by atoms with Crippen molar-refractivity contribution in [1.29, 1.82) is 0 Å². The molecule has 1 aromatic rings. The zero-order valence-corrected chi connectivity index (χ0v) is 6.64. The number of hydrogen-bond donors (Lipinski definition) is 1. The highest BCUT2D eigenvalue weighted by Crippen LogP contribution is 2.17. The van der Waals surface area contributed by atoms with Crippen LogP contribution in [0.2, 0.25) is 5.35 Å². The molecule has 1 heterocycles. The van der Waals surface area contributed by atoms with Crippen LogP contribution in [0.25, 0.3) is 0 Å². The highest BCUT2D eigenvalue weighted by Gasteiger charge is 2.18. The van der Waals surface area contributed by atoms with E-state index in [2.05, 4.69) is 4.98 Å². The molecule has 0 saturated carbocycles. The van der Waals surface area contributed by atoms with Crippen LogP contribution >= 0.6 is 11.6 Å². The van der Waals surface area contributed by atoms with Crippen molar-refractivity contribution in [1.82, 2.24) is 4.98 Å². The molecule has 10 heavy (non-hydrogen) atoms. The van der Waals surface area contributed by atoms with Crippen molar-refractivity contribution < 1.29 is 4.42 Å². The molecule has 3 nitrogen and oxygen atoms in total. The summed E-state index contributed by atoms with van der Waals surface area (Å²) in [6.07, 6.45) is 1.46. The molecule has 0 aliphatic heterocycles. The van der Waals surface area contributed by atoms with Crippen molar-refractivity contribution in [3.05, 3.63) is 17.3 Å². The Morgan fingerprint density at radius 1 is 1.70 bits per heavy atom. The Bertz CT molecular complexity index is 226. The van der Waals surface area contributed by atoms with Gasteiger partial charge in [-0.2, -0.15) is 0 Å². The Labute approximate surface area is 64.2 Å². The molecule has 0 radical (unpaired) electrons. The molecule has 2 N–H and O–H groups in total. The van der Waals surface area contributed by atoms with E-state index in [-0.39, 0.29) is 5.35 Å². The minimum absolute atomic E-state index is 0.133. The summed E-state index contributed by atoms with van der Waals surface area (Å²) in [5.41, 5.74) is 5.88. The molecule has 0 aliphatic carbocycles. The van der Waals surface area contributed by atoms with Crippen molar-refractivity contribution >= 4 is 11.6 Å². The van der Waals surface area contributed by atoms with Crippen molar-refractivity contribution in [2.24, 2.45) is 5.73 Å². The first kappa shape index (κ1) is 7.57. The van der Waals surface area contributed by atoms with Crippen molar-refractivity contribution in [2.75, 3.05) is 0 Å². The molecule has 0 bridgehead atoms.